The molecule has 0 N–H and O–H groups in total. The molecule has 2 unspecified atom stereocenters. The summed E-state index contributed by atoms with van der Waals surface area (Å²) in [4.78, 5) is 4.28. The first-order valence-electron chi connectivity index (χ1n) is 6.47. The highest BCUT2D eigenvalue weighted by atomic mass is 14.7. The molecule has 0 aromatic carbocycles. The van der Waals surface area contributed by atoms with E-state index in [2.05, 4.69) is 38.0 Å². The summed E-state index contributed by atoms with van der Waals surface area (Å²) in [7, 11) is 0. The SMILES string of the molecule is CC(C)(C)C1CC12CCCc1cnccc12. The second-order valence-electron chi connectivity index (χ2n) is 6.67. The van der Waals surface area contributed by atoms with Crippen LogP contribution < -0.4 is 0 Å². The summed E-state index contributed by atoms with van der Waals surface area (Å²) in [5.74, 6) is 0.876. The Labute approximate surface area is 98.3 Å². The van der Waals surface area contributed by atoms with Crippen molar-refractivity contribution >= 4 is 0 Å². The first-order valence-corrected chi connectivity index (χ1v) is 6.47. The van der Waals surface area contributed by atoms with Gasteiger partial charge >= 0.3 is 0 Å². The van der Waals surface area contributed by atoms with Gasteiger partial charge in [0.2, 0.25) is 0 Å². The highest BCUT2D eigenvalue weighted by Gasteiger charge is 2.60. The Balaban J connectivity index is 2.02. The predicted octanol–water partition coefficient (Wildman–Crippen LogP) is 3.72. The molecule has 0 aliphatic heterocycles. The zero-order chi connectivity index (χ0) is 11.4. The first kappa shape index (κ1) is 10.3. The third-order valence-corrected chi connectivity index (χ3v) is 4.63. The van der Waals surface area contributed by atoms with Crippen LogP contribution in [-0.4, -0.2) is 4.98 Å². The maximum absolute atomic E-state index is 4.28. The van der Waals surface area contributed by atoms with Gasteiger partial charge < -0.3 is 0 Å². The van der Waals surface area contributed by atoms with E-state index < -0.39 is 0 Å². The normalized spacial score (nSPS) is 32.6. The van der Waals surface area contributed by atoms with E-state index in [-0.39, 0.29) is 0 Å². The average molecular weight is 215 g/mol. The van der Waals surface area contributed by atoms with Gasteiger partial charge in [-0.25, -0.2) is 0 Å². The molecule has 1 saturated carbocycles. The van der Waals surface area contributed by atoms with E-state index in [1.54, 1.807) is 5.56 Å². The third-order valence-electron chi connectivity index (χ3n) is 4.63. The Morgan fingerprint density at radius 2 is 2.19 bits per heavy atom. The molecule has 1 aromatic rings. The lowest BCUT2D eigenvalue weighted by Gasteiger charge is -2.30. The predicted molar refractivity (Wildman–Crippen MR) is 66.4 cm³/mol. The molecule has 1 spiro atoms. The van der Waals surface area contributed by atoms with Crippen molar-refractivity contribution in [1.82, 2.24) is 4.98 Å². The van der Waals surface area contributed by atoms with Crippen molar-refractivity contribution in [3.05, 3.63) is 29.6 Å². The average Bonchev–Trinajstić information content (AvgIpc) is 2.94. The Morgan fingerprint density at radius 3 is 2.88 bits per heavy atom. The summed E-state index contributed by atoms with van der Waals surface area (Å²) in [5, 5.41) is 0. The summed E-state index contributed by atoms with van der Waals surface area (Å²) in [6, 6.07) is 2.28. The van der Waals surface area contributed by atoms with Crippen LogP contribution in [0.4, 0.5) is 0 Å². The topological polar surface area (TPSA) is 12.9 Å². The number of rotatable bonds is 0. The van der Waals surface area contributed by atoms with Gasteiger partial charge in [0.1, 0.15) is 0 Å². The van der Waals surface area contributed by atoms with Crippen molar-refractivity contribution in [1.29, 1.82) is 0 Å². The summed E-state index contributed by atoms with van der Waals surface area (Å²) in [6.07, 6.45) is 9.45. The van der Waals surface area contributed by atoms with Gasteiger partial charge in [0.05, 0.1) is 0 Å². The molecule has 1 nitrogen and oxygen atoms in total. The summed E-state index contributed by atoms with van der Waals surface area (Å²) in [6.45, 7) is 7.17. The van der Waals surface area contributed by atoms with Gasteiger partial charge in [0, 0.05) is 12.4 Å². The highest BCUT2D eigenvalue weighted by molar-refractivity contribution is 5.41. The zero-order valence-electron chi connectivity index (χ0n) is 10.6. The molecular formula is C15H21N. The Bertz CT molecular complexity index is 416. The van der Waals surface area contributed by atoms with Crippen LogP contribution in [0.25, 0.3) is 0 Å². The van der Waals surface area contributed by atoms with Crippen LogP contribution >= 0.6 is 0 Å². The smallest absolute Gasteiger partial charge is 0.0302 e. The number of nitrogens with zero attached hydrogens (tertiary/aromatic N) is 1. The fourth-order valence-corrected chi connectivity index (χ4v) is 3.86. The van der Waals surface area contributed by atoms with Gasteiger partial charge in [-0.15, -0.1) is 0 Å². The summed E-state index contributed by atoms with van der Waals surface area (Å²) < 4.78 is 0. The maximum Gasteiger partial charge on any atom is 0.0302 e. The second kappa shape index (κ2) is 3.09. The largest absolute Gasteiger partial charge is 0.264 e. The van der Waals surface area contributed by atoms with Gasteiger partial charge in [-0.05, 0) is 59.6 Å². The second-order valence-corrected chi connectivity index (χ2v) is 6.67. The van der Waals surface area contributed by atoms with Crippen molar-refractivity contribution in [2.45, 2.75) is 51.9 Å². The molecule has 2 atom stereocenters. The lowest BCUT2D eigenvalue weighted by molar-refractivity contribution is 0.302. The van der Waals surface area contributed by atoms with Crippen LogP contribution in [0.3, 0.4) is 0 Å². The lowest BCUT2D eigenvalue weighted by Crippen LogP contribution is -2.23. The minimum atomic E-state index is 0.456. The van der Waals surface area contributed by atoms with E-state index in [4.69, 9.17) is 0 Å². The molecule has 1 heterocycles. The van der Waals surface area contributed by atoms with E-state index in [0.29, 0.717) is 10.8 Å². The number of hydrogen-bond acceptors (Lipinski definition) is 1. The number of fused-ring (bicyclic) bond motifs is 2. The minimum Gasteiger partial charge on any atom is -0.264 e. The molecule has 0 saturated heterocycles. The van der Waals surface area contributed by atoms with Crippen molar-refractivity contribution in [3.63, 3.8) is 0 Å². The van der Waals surface area contributed by atoms with Gasteiger partial charge in [0.25, 0.3) is 0 Å². The van der Waals surface area contributed by atoms with Gasteiger partial charge in [-0.2, -0.15) is 0 Å². The van der Waals surface area contributed by atoms with Gasteiger partial charge in [0.15, 0.2) is 0 Å². The highest BCUT2D eigenvalue weighted by Crippen LogP contribution is 2.66. The van der Waals surface area contributed by atoms with Crippen LogP contribution in [0, 0.1) is 11.3 Å². The van der Waals surface area contributed by atoms with Crippen molar-refractivity contribution in [2.24, 2.45) is 11.3 Å². The standard InChI is InChI=1S/C15H21N/c1-14(2,3)13-9-15(13)7-4-5-11-10-16-8-6-12(11)15/h6,8,10,13H,4-5,7,9H2,1-3H3. The van der Waals surface area contributed by atoms with Crippen molar-refractivity contribution in [3.8, 4) is 0 Å². The fourth-order valence-electron chi connectivity index (χ4n) is 3.86. The van der Waals surface area contributed by atoms with E-state index >= 15 is 0 Å². The minimum absolute atomic E-state index is 0.456. The van der Waals surface area contributed by atoms with E-state index in [1.165, 1.54) is 31.2 Å². The molecule has 1 heteroatoms. The molecule has 86 valence electrons. The molecule has 2 aliphatic carbocycles. The number of aryl methyl sites for hydroxylation is 1. The molecule has 2 aliphatic rings. The number of hydrogen-bond donors (Lipinski definition) is 0. The first-order chi connectivity index (χ1) is 7.54. The third kappa shape index (κ3) is 1.33. The number of pyridine rings is 1. The lowest BCUT2D eigenvalue weighted by atomic mass is 9.74. The van der Waals surface area contributed by atoms with Crippen LogP contribution in [0.5, 0.6) is 0 Å². The molecule has 0 amide bonds. The summed E-state index contributed by atoms with van der Waals surface area (Å²) in [5.41, 5.74) is 4.11. The Hall–Kier alpha value is -0.850. The quantitative estimate of drug-likeness (QED) is 0.642. The van der Waals surface area contributed by atoms with Crippen LogP contribution in [-0.2, 0) is 11.8 Å². The molecular weight excluding hydrogens is 194 g/mol. The van der Waals surface area contributed by atoms with Crippen molar-refractivity contribution in [2.75, 3.05) is 0 Å². The van der Waals surface area contributed by atoms with E-state index in [0.717, 1.165) is 5.92 Å². The van der Waals surface area contributed by atoms with Crippen LogP contribution in [0.1, 0.15) is 51.2 Å². The molecule has 1 aromatic heterocycles. The summed E-state index contributed by atoms with van der Waals surface area (Å²) >= 11 is 0. The molecule has 0 radical (unpaired) electrons. The van der Waals surface area contributed by atoms with Crippen LogP contribution in [0.15, 0.2) is 18.5 Å². The Morgan fingerprint density at radius 1 is 1.38 bits per heavy atom. The molecule has 3 rings (SSSR count). The van der Waals surface area contributed by atoms with Crippen LogP contribution in [0.2, 0.25) is 0 Å². The maximum atomic E-state index is 4.28. The van der Waals surface area contributed by atoms with E-state index in [1.807, 2.05) is 6.20 Å². The van der Waals surface area contributed by atoms with Crippen molar-refractivity contribution < 1.29 is 0 Å². The van der Waals surface area contributed by atoms with Gasteiger partial charge in [-0.3, -0.25) is 4.98 Å². The molecule has 16 heavy (non-hydrogen) atoms. The van der Waals surface area contributed by atoms with Gasteiger partial charge in [-0.1, -0.05) is 20.8 Å². The zero-order valence-corrected chi connectivity index (χ0v) is 10.6. The molecule has 1 fully saturated rings. The fraction of sp³-hybridized carbons (Fsp3) is 0.667. The monoisotopic (exact) mass is 215 g/mol. The Kier molecular flexibility index (Phi) is 1.99. The van der Waals surface area contributed by atoms with E-state index in [9.17, 15) is 0 Å². The number of aromatic nitrogens is 1. The molecule has 0 bridgehead atoms.